The number of nitrogens with one attached hydrogen (secondary N) is 1. The molecular formula is C8H8N2. The van der Waals surface area contributed by atoms with Gasteiger partial charge < -0.3 is 0 Å². The molecule has 1 aliphatic rings. The van der Waals surface area contributed by atoms with Gasteiger partial charge in [-0.2, -0.15) is 5.11 Å². The largest absolute Gasteiger partial charge is 0.204 e. The Kier molecular flexibility index (Phi) is 2.38. The lowest BCUT2D eigenvalue weighted by molar-refractivity contribution is 1.09. The average molecular weight is 132 g/mol. The number of hydrogen-bond acceptors (Lipinski definition) is 2. The van der Waals surface area contributed by atoms with Crippen LogP contribution in [0.1, 0.15) is 0 Å². The van der Waals surface area contributed by atoms with Gasteiger partial charge in [0.15, 0.2) is 0 Å². The summed E-state index contributed by atoms with van der Waals surface area (Å²) < 4.78 is 0. The average Bonchev–Trinajstić information content (AvgIpc) is 1.87. The molecule has 0 heterocycles. The van der Waals surface area contributed by atoms with Gasteiger partial charge >= 0.3 is 0 Å². The van der Waals surface area contributed by atoms with E-state index >= 15 is 0 Å². The molecule has 0 bridgehead atoms. The minimum Gasteiger partial charge on any atom is -0.204 e. The quantitative estimate of drug-likeness (QED) is 0.532. The lowest BCUT2D eigenvalue weighted by atomic mass is 10.3. The topological polar surface area (TPSA) is 36.2 Å². The lowest BCUT2D eigenvalue weighted by Gasteiger charge is -1.87. The van der Waals surface area contributed by atoms with Gasteiger partial charge in [0.2, 0.25) is 0 Å². The highest BCUT2D eigenvalue weighted by molar-refractivity contribution is 5.29. The van der Waals surface area contributed by atoms with E-state index in [0.717, 1.165) is 0 Å². The molecule has 0 aromatic heterocycles. The molecule has 0 amide bonds. The van der Waals surface area contributed by atoms with E-state index in [1.807, 2.05) is 30.4 Å². The third-order valence-electron chi connectivity index (χ3n) is 1.11. The normalized spacial score (nSPS) is 15.8. The van der Waals surface area contributed by atoms with Crippen LogP contribution in [0.15, 0.2) is 53.3 Å². The summed E-state index contributed by atoms with van der Waals surface area (Å²) in [6.07, 6.45) is 13.0. The Balaban J connectivity index is 2.82. The maximum absolute atomic E-state index is 6.71. The zero-order valence-corrected chi connectivity index (χ0v) is 5.49. The molecule has 0 aromatic carbocycles. The number of allylic oxidation sites excluding steroid dienone is 7. The Morgan fingerprint density at radius 2 is 1.70 bits per heavy atom. The van der Waals surface area contributed by atoms with Crippen molar-refractivity contribution < 1.29 is 0 Å². The highest BCUT2D eigenvalue weighted by Crippen LogP contribution is 2.01. The molecule has 2 heteroatoms. The van der Waals surface area contributed by atoms with Crippen molar-refractivity contribution in [3.8, 4) is 0 Å². The second kappa shape index (κ2) is 3.56. The van der Waals surface area contributed by atoms with Crippen molar-refractivity contribution in [2.45, 2.75) is 0 Å². The van der Waals surface area contributed by atoms with Crippen LogP contribution >= 0.6 is 0 Å². The van der Waals surface area contributed by atoms with Crippen LogP contribution in [-0.4, -0.2) is 0 Å². The van der Waals surface area contributed by atoms with Crippen LogP contribution in [-0.2, 0) is 0 Å². The molecule has 2 nitrogen and oxygen atoms in total. The van der Waals surface area contributed by atoms with E-state index in [1.165, 1.54) is 0 Å². The second-order valence-electron chi connectivity index (χ2n) is 1.83. The van der Waals surface area contributed by atoms with Gasteiger partial charge in [0, 0.05) is 0 Å². The molecule has 1 aliphatic carbocycles. The number of hydrogen-bond donors (Lipinski definition) is 1. The van der Waals surface area contributed by atoms with Gasteiger partial charge in [0.25, 0.3) is 0 Å². The van der Waals surface area contributed by atoms with Crippen molar-refractivity contribution in [2.24, 2.45) is 5.11 Å². The van der Waals surface area contributed by atoms with Crippen LogP contribution in [0.2, 0.25) is 0 Å². The highest BCUT2D eigenvalue weighted by atomic mass is 15.0. The molecule has 0 spiro atoms. The van der Waals surface area contributed by atoms with Crippen molar-refractivity contribution in [1.82, 2.24) is 0 Å². The maximum atomic E-state index is 6.71. The van der Waals surface area contributed by atoms with Crippen molar-refractivity contribution in [1.29, 1.82) is 5.53 Å². The van der Waals surface area contributed by atoms with E-state index in [9.17, 15) is 0 Å². The molecular weight excluding hydrogens is 124 g/mol. The molecule has 1 rings (SSSR count). The second-order valence-corrected chi connectivity index (χ2v) is 1.83. The zero-order chi connectivity index (χ0) is 7.23. The van der Waals surface area contributed by atoms with Crippen LogP contribution in [0.4, 0.5) is 0 Å². The standard InChI is InChI=1S/C8H8N2/c9-10-8-6-4-2-1-3-5-7-8/h1-7,9H. The van der Waals surface area contributed by atoms with Crippen molar-refractivity contribution in [2.75, 3.05) is 0 Å². The molecule has 0 atom stereocenters. The first-order valence-corrected chi connectivity index (χ1v) is 3.02. The molecule has 0 fully saturated rings. The fourth-order valence-corrected chi connectivity index (χ4v) is 0.631. The first kappa shape index (κ1) is 6.68. The fourth-order valence-electron chi connectivity index (χ4n) is 0.631. The molecule has 0 radical (unpaired) electrons. The molecule has 50 valence electrons. The minimum absolute atomic E-state index is 0.667. The minimum atomic E-state index is 0.667. The first-order chi connectivity index (χ1) is 4.93. The fraction of sp³-hybridized carbons (Fsp3) is 0. The first-order valence-electron chi connectivity index (χ1n) is 3.02. The van der Waals surface area contributed by atoms with Gasteiger partial charge in [-0.3, -0.25) is 0 Å². The van der Waals surface area contributed by atoms with E-state index < -0.39 is 0 Å². The van der Waals surface area contributed by atoms with Gasteiger partial charge in [0.1, 0.15) is 0 Å². The van der Waals surface area contributed by atoms with E-state index in [-0.39, 0.29) is 0 Å². The third-order valence-corrected chi connectivity index (χ3v) is 1.11. The van der Waals surface area contributed by atoms with E-state index in [0.29, 0.717) is 5.70 Å². The van der Waals surface area contributed by atoms with Gasteiger partial charge in [-0.1, -0.05) is 30.4 Å². The van der Waals surface area contributed by atoms with Crippen LogP contribution < -0.4 is 0 Å². The SMILES string of the molecule is N=NC1=CC=CC=CC=C1. The Labute approximate surface area is 59.8 Å². The van der Waals surface area contributed by atoms with Crippen LogP contribution in [0, 0.1) is 5.53 Å². The van der Waals surface area contributed by atoms with E-state index in [4.69, 9.17) is 5.53 Å². The van der Waals surface area contributed by atoms with Gasteiger partial charge in [-0.15, -0.1) is 0 Å². The summed E-state index contributed by atoms with van der Waals surface area (Å²) in [7, 11) is 0. The monoisotopic (exact) mass is 132 g/mol. The molecule has 0 aliphatic heterocycles. The predicted octanol–water partition coefficient (Wildman–Crippen LogP) is 2.58. The number of nitrogens with zero attached hydrogens (tertiary/aromatic N) is 1. The van der Waals surface area contributed by atoms with Gasteiger partial charge in [0.05, 0.1) is 5.70 Å². The van der Waals surface area contributed by atoms with E-state index in [1.54, 1.807) is 12.2 Å². The lowest BCUT2D eigenvalue weighted by Crippen LogP contribution is -1.69. The molecule has 10 heavy (non-hydrogen) atoms. The molecule has 0 aromatic rings. The third kappa shape index (κ3) is 1.82. The smallest absolute Gasteiger partial charge is 0.0849 e. The van der Waals surface area contributed by atoms with Crippen LogP contribution in [0.25, 0.3) is 0 Å². The summed E-state index contributed by atoms with van der Waals surface area (Å²) in [6.45, 7) is 0. The Morgan fingerprint density at radius 3 is 2.50 bits per heavy atom. The van der Waals surface area contributed by atoms with Gasteiger partial charge in [-0.25, -0.2) is 5.53 Å². The zero-order valence-electron chi connectivity index (χ0n) is 5.49. The van der Waals surface area contributed by atoms with Crippen molar-refractivity contribution in [3.05, 3.63) is 48.2 Å². The maximum Gasteiger partial charge on any atom is 0.0849 e. The molecule has 0 saturated carbocycles. The van der Waals surface area contributed by atoms with Crippen molar-refractivity contribution in [3.63, 3.8) is 0 Å². The van der Waals surface area contributed by atoms with Gasteiger partial charge in [-0.05, 0) is 12.2 Å². The molecule has 1 N–H and O–H groups in total. The summed E-state index contributed by atoms with van der Waals surface area (Å²) in [6, 6.07) is 0. The highest BCUT2D eigenvalue weighted by Gasteiger charge is 1.83. The number of rotatable bonds is 1. The van der Waals surface area contributed by atoms with Crippen molar-refractivity contribution >= 4 is 0 Å². The van der Waals surface area contributed by atoms with Crippen LogP contribution in [0.5, 0.6) is 0 Å². The summed E-state index contributed by atoms with van der Waals surface area (Å²) >= 11 is 0. The Hall–Kier alpha value is -1.44. The Morgan fingerprint density at radius 1 is 1.00 bits per heavy atom. The molecule has 0 saturated heterocycles. The van der Waals surface area contributed by atoms with Crippen LogP contribution in [0.3, 0.4) is 0 Å². The molecule has 0 unspecified atom stereocenters. The summed E-state index contributed by atoms with van der Waals surface area (Å²) in [5, 5.41) is 3.29. The summed E-state index contributed by atoms with van der Waals surface area (Å²) in [5.41, 5.74) is 7.38. The predicted molar refractivity (Wildman–Crippen MR) is 40.7 cm³/mol. The van der Waals surface area contributed by atoms with E-state index in [2.05, 4.69) is 5.11 Å². The Bertz CT molecular complexity index is 232. The summed E-state index contributed by atoms with van der Waals surface area (Å²) in [5.74, 6) is 0. The summed E-state index contributed by atoms with van der Waals surface area (Å²) in [4.78, 5) is 0.